The fourth-order valence-corrected chi connectivity index (χ4v) is 2.45. The molecule has 3 nitrogen and oxygen atoms in total. The van der Waals surface area contributed by atoms with Crippen molar-refractivity contribution in [3.63, 3.8) is 0 Å². The average Bonchev–Trinajstić information content (AvgIpc) is 2.65. The van der Waals surface area contributed by atoms with E-state index < -0.39 is 11.5 Å². The highest BCUT2D eigenvalue weighted by Gasteiger charge is 2.49. The van der Waals surface area contributed by atoms with Crippen molar-refractivity contribution in [3.05, 3.63) is 35.9 Å². The van der Waals surface area contributed by atoms with Crippen LogP contribution in [0.25, 0.3) is 0 Å². The highest BCUT2D eigenvalue weighted by atomic mass is 16.6. The Morgan fingerprint density at radius 1 is 1.39 bits per heavy atom. The van der Waals surface area contributed by atoms with Gasteiger partial charge < -0.3 is 9.84 Å². The monoisotopic (exact) mass is 248 g/mol. The second kappa shape index (κ2) is 5.11. The molecule has 1 fully saturated rings. The second-order valence-corrected chi connectivity index (χ2v) is 5.42. The van der Waals surface area contributed by atoms with Gasteiger partial charge in [0.2, 0.25) is 0 Å². The lowest BCUT2D eigenvalue weighted by Crippen LogP contribution is -2.35. The van der Waals surface area contributed by atoms with Crippen LogP contribution in [0.15, 0.2) is 30.3 Å². The number of rotatable bonds is 4. The molecule has 18 heavy (non-hydrogen) atoms. The lowest BCUT2D eigenvalue weighted by atomic mass is 9.80. The molecule has 1 aliphatic rings. The van der Waals surface area contributed by atoms with Crippen molar-refractivity contribution < 1.29 is 14.6 Å². The minimum absolute atomic E-state index is 0.0681. The molecule has 1 saturated heterocycles. The molecule has 1 aliphatic heterocycles. The summed E-state index contributed by atoms with van der Waals surface area (Å²) in [6, 6.07) is 9.34. The first-order valence-corrected chi connectivity index (χ1v) is 6.48. The van der Waals surface area contributed by atoms with Crippen LogP contribution in [0.2, 0.25) is 0 Å². The summed E-state index contributed by atoms with van der Waals surface area (Å²) in [6.45, 7) is 4.29. The Labute approximate surface area is 108 Å². The molecule has 0 aliphatic carbocycles. The van der Waals surface area contributed by atoms with E-state index in [1.165, 1.54) is 0 Å². The quantitative estimate of drug-likeness (QED) is 0.833. The van der Waals surface area contributed by atoms with Gasteiger partial charge in [-0.3, -0.25) is 4.79 Å². The predicted octanol–water partition coefficient (Wildman–Crippen LogP) is 2.48. The fourth-order valence-electron chi connectivity index (χ4n) is 2.45. The van der Waals surface area contributed by atoms with Crippen LogP contribution < -0.4 is 0 Å². The number of cyclic esters (lactones) is 1. The van der Waals surface area contributed by atoms with Gasteiger partial charge in [0, 0.05) is 0 Å². The fraction of sp³-hybridized carbons (Fsp3) is 0.533. The molecule has 0 amide bonds. The van der Waals surface area contributed by atoms with Crippen molar-refractivity contribution >= 4 is 5.97 Å². The molecule has 1 aromatic carbocycles. The standard InChI is InChI=1S/C15H20O3/c1-11(2)8-9-13-14(16)18-10-15(13,17)12-6-4-3-5-7-12/h3-7,11,13,17H,8-10H2,1-2H3/t13-,15-/m0/s1. The van der Waals surface area contributed by atoms with Crippen LogP contribution in [0.5, 0.6) is 0 Å². The third-order valence-electron chi connectivity index (χ3n) is 3.60. The van der Waals surface area contributed by atoms with E-state index in [0.29, 0.717) is 12.3 Å². The van der Waals surface area contributed by atoms with Gasteiger partial charge in [-0.05, 0) is 17.9 Å². The molecule has 0 spiro atoms. The maximum atomic E-state index is 11.8. The molecule has 0 bridgehead atoms. The zero-order valence-corrected chi connectivity index (χ0v) is 10.9. The Morgan fingerprint density at radius 3 is 2.67 bits per heavy atom. The molecule has 1 heterocycles. The highest BCUT2D eigenvalue weighted by Crippen LogP contribution is 2.39. The van der Waals surface area contributed by atoms with Crippen LogP contribution in [-0.2, 0) is 15.1 Å². The molecule has 98 valence electrons. The lowest BCUT2D eigenvalue weighted by Gasteiger charge is -2.26. The number of carbonyl (C=O) groups is 1. The Morgan fingerprint density at radius 2 is 2.06 bits per heavy atom. The average molecular weight is 248 g/mol. The zero-order chi connectivity index (χ0) is 13.2. The van der Waals surface area contributed by atoms with E-state index in [2.05, 4.69) is 13.8 Å². The molecular weight excluding hydrogens is 228 g/mol. The zero-order valence-electron chi connectivity index (χ0n) is 10.9. The largest absolute Gasteiger partial charge is 0.462 e. The van der Waals surface area contributed by atoms with Crippen molar-refractivity contribution in [2.75, 3.05) is 6.61 Å². The lowest BCUT2D eigenvalue weighted by molar-refractivity contribution is -0.141. The van der Waals surface area contributed by atoms with Crippen molar-refractivity contribution in [1.29, 1.82) is 0 Å². The molecule has 0 aromatic heterocycles. The molecule has 2 atom stereocenters. The second-order valence-electron chi connectivity index (χ2n) is 5.42. The van der Waals surface area contributed by atoms with Gasteiger partial charge >= 0.3 is 5.97 Å². The van der Waals surface area contributed by atoms with E-state index in [-0.39, 0.29) is 12.6 Å². The van der Waals surface area contributed by atoms with E-state index in [4.69, 9.17) is 4.74 Å². The van der Waals surface area contributed by atoms with Crippen LogP contribution in [0.4, 0.5) is 0 Å². The smallest absolute Gasteiger partial charge is 0.312 e. The summed E-state index contributed by atoms with van der Waals surface area (Å²) in [6.07, 6.45) is 1.58. The van der Waals surface area contributed by atoms with Crippen molar-refractivity contribution in [2.45, 2.75) is 32.3 Å². The van der Waals surface area contributed by atoms with Crippen LogP contribution in [0, 0.1) is 11.8 Å². The third kappa shape index (κ3) is 2.41. The van der Waals surface area contributed by atoms with Gasteiger partial charge in [0.15, 0.2) is 0 Å². The van der Waals surface area contributed by atoms with Crippen LogP contribution in [0.3, 0.4) is 0 Å². The Kier molecular flexibility index (Phi) is 3.71. The van der Waals surface area contributed by atoms with E-state index in [1.54, 1.807) is 0 Å². The molecule has 2 rings (SSSR count). The summed E-state index contributed by atoms with van der Waals surface area (Å²) in [5.41, 5.74) is -0.391. The number of esters is 1. The minimum atomic E-state index is -1.16. The van der Waals surface area contributed by atoms with Gasteiger partial charge in [-0.25, -0.2) is 0 Å². The number of carbonyl (C=O) groups excluding carboxylic acids is 1. The first-order chi connectivity index (χ1) is 8.54. The van der Waals surface area contributed by atoms with Gasteiger partial charge in [-0.15, -0.1) is 0 Å². The van der Waals surface area contributed by atoms with E-state index in [9.17, 15) is 9.90 Å². The molecular formula is C15H20O3. The van der Waals surface area contributed by atoms with Gasteiger partial charge in [0.1, 0.15) is 12.2 Å². The first-order valence-electron chi connectivity index (χ1n) is 6.48. The molecule has 3 heteroatoms. The van der Waals surface area contributed by atoms with Gasteiger partial charge in [-0.1, -0.05) is 50.6 Å². The molecule has 0 radical (unpaired) electrons. The first kappa shape index (κ1) is 13.1. The normalized spacial score (nSPS) is 27.6. The predicted molar refractivity (Wildman–Crippen MR) is 68.9 cm³/mol. The topological polar surface area (TPSA) is 46.5 Å². The summed E-state index contributed by atoms with van der Waals surface area (Å²) < 4.78 is 5.08. The van der Waals surface area contributed by atoms with Crippen molar-refractivity contribution in [2.24, 2.45) is 11.8 Å². The maximum absolute atomic E-state index is 11.8. The third-order valence-corrected chi connectivity index (χ3v) is 3.60. The van der Waals surface area contributed by atoms with Crippen LogP contribution in [-0.4, -0.2) is 17.7 Å². The number of aliphatic hydroxyl groups is 1. The molecule has 0 unspecified atom stereocenters. The van der Waals surface area contributed by atoms with E-state index >= 15 is 0 Å². The maximum Gasteiger partial charge on any atom is 0.312 e. The minimum Gasteiger partial charge on any atom is -0.462 e. The van der Waals surface area contributed by atoms with E-state index in [1.807, 2.05) is 30.3 Å². The summed E-state index contributed by atoms with van der Waals surface area (Å²) in [5, 5.41) is 10.8. The Balaban J connectivity index is 2.22. The molecule has 1 N–H and O–H groups in total. The summed E-state index contributed by atoms with van der Waals surface area (Å²) in [5.74, 6) is -0.206. The molecule has 1 aromatic rings. The molecule has 0 saturated carbocycles. The van der Waals surface area contributed by atoms with Gasteiger partial charge in [0.25, 0.3) is 0 Å². The summed E-state index contributed by atoms with van der Waals surface area (Å²) in [7, 11) is 0. The van der Waals surface area contributed by atoms with Gasteiger partial charge in [0.05, 0.1) is 5.92 Å². The van der Waals surface area contributed by atoms with E-state index in [0.717, 1.165) is 12.0 Å². The number of hydrogen-bond donors (Lipinski definition) is 1. The summed E-state index contributed by atoms with van der Waals surface area (Å²) >= 11 is 0. The SMILES string of the molecule is CC(C)CC[C@H]1C(=O)OC[C@]1(O)c1ccccc1. The van der Waals surface area contributed by atoms with Crippen LogP contribution >= 0.6 is 0 Å². The van der Waals surface area contributed by atoms with Crippen molar-refractivity contribution in [3.8, 4) is 0 Å². The number of hydrogen-bond acceptors (Lipinski definition) is 3. The van der Waals surface area contributed by atoms with Gasteiger partial charge in [-0.2, -0.15) is 0 Å². The Bertz CT molecular complexity index is 413. The number of ether oxygens (including phenoxy) is 1. The van der Waals surface area contributed by atoms with Crippen LogP contribution in [0.1, 0.15) is 32.3 Å². The highest BCUT2D eigenvalue weighted by molar-refractivity contribution is 5.76. The van der Waals surface area contributed by atoms with Crippen molar-refractivity contribution in [1.82, 2.24) is 0 Å². The number of benzene rings is 1. The summed E-state index contributed by atoms with van der Waals surface area (Å²) in [4.78, 5) is 11.8. The Hall–Kier alpha value is -1.35.